The van der Waals surface area contributed by atoms with Crippen molar-refractivity contribution in [2.75, 3.05) is 34.2 Å². The Morgan fingerprint density at radius 3 is 2.65 bits per heavy atom. The zero-order valence-corrected chi connectivity index (χ0v) is 11.2. The lowest BCUT2D eigenvalue weighted by molar-refractivity contribution is 0.212. The summed E-state index contributed by atoms with van der Waals surface area (Å²) in [6.07, 6.45) is 4.41. The first-order valence-corrected chi connectivity index (χ1v) is 6.61. The van der Waals surface area contributed by atoms with Crippen LogP contribution in [0.4, 0.5) is 0 Å². The molecule has 96 valence electrons. The second kappa shape index (κ2) is 4.93. The van der Waals surface area contributed by atoms with E-state index in [1.165, 1.54) is 19.5 Å². The van der Waals surface area contributed by atoms with E-state index in [4.69, 9.17) is 0 Å². The fourth-order valence-corrected chi connectivity index (χ4v) is 3.24. The summed E-state index contributed by atoms with van der Waals surface area (Å²) in [5.41, 5.74) is -0.263. The quantitative estimate of drug-likeness (QED) is 0.781. The zero-order chi connectivity index (χ0) is 12.5. The lowest BCUT2D eigenvalue weighted by Crippen LogP contribution is -2.42. The van der Waals surface area contributed by atoms with Crippen LogP contribution in [-0.4, -0.2) is 61.7 Å². The Balaban J connectivity index is 1.92. The average Bonchev–Trinajstić information content (AvgIpc) is 2.96. The lowest BCUT2D eigenvalue weighted by Gasteiger charge is -2.27. The predicted molar refractivity (Wildman–Crippen MR) is 68.7 cm³/mol. The molecule has 0 radical (unpaired) electrons. The molecule has 1 saturated heterocycles. The average molecular weight is 236 g/mol. The normalized spacial score (nSPS) is 38.8. The number of likely N-dealkylation sites (tertiary alicyclic amines) is 1. The molecule has 0 aromatic carbocycles. The SMILES string of the molecule is CNC1(C#N)CCC(N2CCC(N(C)C)C2)C1. The molecule has 3 atom stereocenters. The Hall–Kier alpha value is -0.630. The molecule has 0 aromatic heterocycles. The summed E-state index contributed by atoms with van der Waals surface area (Å²) in [4.78, 5) is 4.91. The number of nitrogens with zero attached hydrogens (tertiary/aromatic N) is 3. The number of rotatable bonds is 3. The molecule has 4 nitrogen and oxygen atoms in total. The van der Waals surface area contributed by atoms with E-state index in [1.807, 2.05) is 7.05 Å². The minimum atomic E-state index is -0.263. The highest BCUT2D eigenvalue weighted by atomic mass is 15.3. The van der Waals surface area contributed by atoms with Crippen LogP contribution in [0.25, 0.3) is 0 Å². The molecule has 2 rings (SSSR count). The van der Waals surface area contributed by atoms with Crippen molar-refractivity contribution in [2.24, 2.45) is 0 Å². The van der Waals surface area contributed by atoms with Gasteiger partial charge in [0.15, 0.2) is 0 Å². The molecule has 0 aromatic rings. The minimum absolute atomic E-state index is 0.263. The van der Waals surface area contributed by atoms with Crippen LogP contribution >= 0.6 is 0 Å². The third-order valence-corrected chi connectivity index (χ3v) is 4.62. The molecule has 2 aliphatic rings. The zero-order valence-electron chi connectivity index (χ0n) is 11.2. The number of hydrogen-bond acceptors (Lipinski definition) is 4. The van der Waals surface area contributed by atoms with E-state index in [-0.39, 0.29) is 5.54 Å². The standard InChI is InChI=1S/C13H24N4/c1-15-13(10-14)6-4-11(8-13)17-7-5-12(9-17)16(2)3/h11-12,15H,4-9H2,1-3H3. The molecule has 1 aliphatic carbocycles. The van der Waals surface area contributed by atoms with Gasteiger partial charge in [-0.3, -0.25) is 4.90 Å². The van der Waals surface area contributed by atoms with E-state index in [2.05, 4.69) is 35.3 Å². The van der Waals surface area contributed by atoms with Gasteiger partial charge in [0.05, 0.1) is 6.07 Å². The fraction of sp³-hybridized carbons (Fsp3) is 0.923. The number of nitriles is 1. The topological polar surface area (TPSA) is 42.3 Å². The molecule has 1 heterocycles. The van der Waals surface area contributed by atoms with Crippen molar-refractivity contribution in [2.45, 2.75) is 43.3 Å². The van der Waals surface area contributed by atoms with Crippen LogP contribution in [0.15, 0.2) is 0 Å². The molecule has 4 heteroatoms. The van der Waals surface area contributed by atoms with Gasteiger partial charge >= 0.3 is 0 Å². The molecule has 1 aliphatic heterocycles. The van der Waals surface area contributed by atoms with Gasteiger partial charge in [0.2, 0.25) is 0 Å². The summed E-state index contributed by atoms with van der Waals surface area (Å²) in [6, 6.07) is 3.77. The van der Waals surface area contributed by atoms with Gasteiger partial charge in [0, 0.05) is 25.2 Å². The molecule has 0 spiro atoms. The van der Waals surface area contributed by atoms with E-state index in [0.717, 1.165) is 19.3 Å². The van der Waals surface area contributed by atoms with Gasteiger partial charge in [-0.25, -0.2) is 0 Å². The maximum absolute atomic E-state index is 9.28. The van der Waals surface area contributed by atoms with Crippen LogP contribution < -0.4 is 5.32 Å². The van der Waals surface area contributed by atoms with E-state index >= 15 is 0 Å². The fourth-order valence-electron chi connectivity index (χ4n) is 3.24. The molecule has 2 fully saturated rings. The van der Waals surface area contributed by atoms with Crippen molar-refractivity contribution >= 4 is 0 Å². The maximum Gasteiger partial charge on any atom is 0.108 e. The summed E-state index contributed by atoms with van der Waals surface area (Å²) < 4.78 is 0. The minimum Gasteiger partial charge on any atom is -0.305 e. The Morgan fingerprint density at radius 1 is 1.41 bits per heavy atom. The number of nitrogens with one attached hydrogen (secondary N) is 1. The predicted octanol–water partition coefficient (Wildman–Crippen LogP) is 0.657. The second-order valence-corrected chi connectivity index (χ2v) is 5.74. The molecule has 1 N–H and O–H groups in total. The Bertz CT molecular complexity index is 309. The van der Waals surface area contributed by atoms with Gasteiger partial charge in [-0.05, 0) is 46.8 Å². The molecule has 3 unspecified atom stereocenters. The third kappa shape index (κ3) is 2.47. The Kier molecular flexibility index (Phi) is 3.72. The molecule has 1 saturated carbocycles. The highest BCUT2D eigenvalue weighted by Gasteiger charge is 2.42. The highest BCUT2D eigenvalue weighted by molar-refractivity contribution is 5.13. The van der Waals surface area contributed by atoms with Crippen molar-refractivity contribution < 1.29 is 0 Å². The number of hydrogen-bond donors (Lipinski definition) is 1. The third-order valence-electron chi connectivity index (χ3n) is 4.62. The Labute approximate surface area is 105 Å². The van der Waals surface area contributed by atoms with Crippen LogP contribution in [0, 0.1) is 11.3 Å². The van der Waals surface area contributed by atoms with E-state index in [1.54, 1.807) is 0 Å². The summed E-state index contributed by atoms with van der Waals surface area (Å²) in [5.74, 6) is 0. The summed E-state index contributed by atoms with van der Waals surface area (Å²) >= 11 is 0. The molecular weight excluding hydrogens is 212 g/mol. The number of likely N-dealkylation sites (N-methyl/N-ethyl adjacent to an activating group) is 1. The Morgan fingerprint density at radius 2 is 2.18 bits per heavy atom. The van der Waals surface area contributed by atoms with Crippen molar-refractivity contribution in [3.63, 3.8) is 0 Å². The van der Waals surface area contributed by atoms with Crippen molar-refractivity contribution in [1.82, 2.24) is 15.1 Å². The van der Waals surface area contributed by atoms with Crippen LogP contribution in [0.2, 0.25) is 0 Å². The van der Waals surface area contributed by atoms with Gasteiger partial charge in [-0.15, -0.1) is 0 Å². The molecular formula is C13H24N4. The van der Waals surface area contributed by atoms with Gasteiger partial charge in [0.25, 0.3) is 0 Å². The first-order chi connectivity index (χ1) is 8.10. The van der Waals surface area contributed by atoms with Crippen LogP contribution in [0.3, 0.4) is 0 Å². The molecule has 0 bridgehead atoms. The molecule has 17 heavy (non-hydrogen) atoms. The van der Waals surface area contributed by atoms with Gasteiger partial charge in [-0.1, -0.05) is 0 Å². The first kappa shape index (κ1) is 12.8. The maximum atomic E-state index is 9.28. The molecule has 0 amide bonds. The summed E-state index contributed by atoms with van der Waals surface area (Å²) in [6.45, 7) is 2.36. The van der Waals surface area contributed by atoms with E-state index in [0.29, 0.717) is 12.1 Å². The smallest absolute Gasteiger partial charge is 0.108 e. The van der Waals surface area contributed by atoms with Gasteiger partial charge < -0.3 is 10.2 Å². The van der Waals surface area contributed by atoms with Gasteiger partial charge in [0.1, 0.15) is 5.54 Å². The highest BCUT2D eigenvalue weighted by Crippen LogP contribution is 2.34. The summed E-state index contributed by atoms with van der Waals surface area (Å²) in [7, 11) is 6.24. The van der Waals surface area contributed by atoms with Gasteiger partial charge in [-0.2, -0.15) is 5.26 Å². The summed E-state index contributed by atoms with van der Waals surface area (Å²) in [5, 5.41) is 12.5. The van der Waals surface area contributed by atoms with E-state index < -0.39 is 0 Å². The van der Waals surface area contributed by atoms with Crippen LogP contribution in [0.1, 0.15) is 25.7 Å². The van der Waals surface area contributed by atoms with Crippen LogP contribution in [0.5, 0.6) is 0 Å². The van der Waals surface area contributed by atoms with Crippen molar-refractivity contribution in [3.05, 3.63) is 0 Å². The second-order valence-electron chi connectivity index (χ2n) is 5.74. The monoisotopic (exact) mass is 236 g/mol. The largest absolute Gasteiger partial charge is 0.305 e. The van der Waals surface area contributed by atoms with E-state index in [9.17, 15) is 5.26 Å². The van der Waals surface area contributed by atoms with Crippen molar-refractivity contribution in [1.29, 1.82) is 5.26 Å². The van der Waals surface area contributed by atoms with Crippen LogP contribution in [-0.2, 0) is 0 Å². The van der Waals surface area contributed by atoms with Crippen molar-refractivity contribution in [3.8, 4) is 6.07 Å². The lowest BCUT2D eigenvalue weighted by atomic mass is 10.00. The first-order valence-electron chi connectivity index (χ1n) is 6.61.